The molecular formula is C22H22N6O4. The van der Waals surface area contributed by atoms with E-state index < -0.39 is 23.4 Å². The maximum absolute atomic E-state index is 12.6. The summed E-state index contributed by atoms with van der Waals surface area (Å²) in [5.41, 5.74) is 0.181. The van der Waals surface area contributed by atoms with Gasteiger partial charge >= 0.3 is 6.03 Å². The van der Waals surface area contributed by atoms with Gasteiger partial charge in [0, 0.05) is 24.0 Å². The Kier molecular flexibility index (Phi) is 4.58. The number of urea groups is 1. The molecule has 2 fully saturated rings. The standard InChI is InChI=1S/C22H22N6O4/c1-13(2)28-17-6-5-16(10-14(17)11-24-28)32-18-7-4-15(12-23-18)27-9-3-8-22(27)19(29)25-21(31)26-20(22)30/h4-7,10-13H,3,8-9H2,1-2H3,(H2,25,26,29,30,31). The number of nitrogens with one attached hydrogen (secondary N) is 2. The topological polar surface area (TPSA) is 118 Å². The van der Waals surface area contributed by atoms with Crippen LogP contribution < -0.4 is 20.3 Å². The predicted molar refractivity (Wildman–Crippen MR) is 115 cm³/mol. The van der Waals surface area contributed by atoms with Crippen LogP contribution in [0.15, 0.2) is 42.7 Å². The first-order chi connectivity index (χ1) is 15.4. The third-order valence-corrected chi connectivity index (χ3v) is 5.90. The molecule has 4 amide bonds. The van der Waals surface area contributed by atoms with Crippen molar-refractivity contribution in [3.05, 3.63) is 42.7 Å². The molecule has 3 aromatic rings. The van der Waals surface area contributed by atoms with Crippen LogP contribution in [0.4, 0.5) is 10.5 Å². The fraction of sp³-hybridized carbons (Fsp3) is 0.318. The molecule has 5 rings (SSSR count). The Morgan fingerprint density at radius 1 is 1.06 bits per heavy atom. The van der Waals surface area contributed by atoms with Gasteiger partial charge in [0.05, 0.1) is 23.6 Å². The van der Waals surface area contributed by atoms with E-state index in [0.717, 1.165) is 10.9 Å². The number of hydrogen-bond acceptors (Lipinski definition) is 7. The average Bonchev–Trinajstić information content (AvgIpc) is 3.38. The molecule has 164 valence electrons. The van der Waals surface area contributed by atoms with Gasteiger partial charge in [0.15, 0.2) is 5.54 Å². The number of hydrogen-bond donors (Lipinski definition) is 2. The largest absolute Gasteiger partial charge is 0.439 e. The SMILES string of the molecule is CC(C)n1ncc2cc(Oc3ccc(N4CCCC45C(=O)NC(=O)NC5=O)cn3)ccc21. The van der Waals surface area contributed by atoms with E-state index in [4.69, 9.17) is 4.74 Å². The maximum Gasteiger partial charge on any atom is 0.328 e. The van der Waals surface area contributed by atoms with Crippen molar-refractivity contribution in [3.8, 4) is 11.6 Å². The lowest BCUT2D eigenvalue weighted by Crippen LogP contribution is -2.71. The normalized spacial score (nSPS) is 17.8. The van der Waals surface area contributed by atoms with Crippen LogP contribution in [0, 0.1) is 0 Å². The second-order valence-electron chi connectivity index (χ2n) is 8.21. The van der Waals surface area contributed by atoms with Crippen LogP contribution >= 0.6 is 0 Å². The quantitative estimate of drug-likeness (QED) is 0.606. The van der Waals surface area contributed by atoms with E-state index in [0.29, 0.717) is 36.7 Å². The second-order valence-corrected chi connectivity index (χ2v) is 8.21. The summed E-state index contributed by atoms with van der Waals surface area (Å²) in [6.07, 6.45) is 4.32. The van der Waals surface area contributed by atoms with Gasteiger partial charge in [-0.3, -0.25) is 24.9 Å². The van der Waals surface area contributed by atoms with E-state index in [1.165, 1.54) is 0 Å². The van der Waals surface area contributed by atoms with Crippen LogP contribution in [-0.2, 0) is 9.59 Å². The molecule has 4 heterocycles. The average molecular weight is 434 g/mol. The lowest BCUT2D eigenvalue weighted by molar-refractivity contribution is -0.137. The molecular weight excluding hydrogens is 412 g/mol. The van der Waals surface area contributed by atoms with Gasteiger partial charge in [-0.2, -0.15) is 5.10 Å². The van der Waals surface area contributed by atoms with Crippen LogP contribution in [0.25, 0.3) is 10.9 Å². The van der Waals surface area contributed by atoms with Crippen LogP contribution in [-0.4, -0.2) is 44.7 Å². The Morgan fingerprint density at radius 3 is 2.53 bits per heavy atom. The van der Waals surface area contributed by atoms with E-state index in [2.05, 4.69) is 34.6 Å². The number of amides is 4. The van der Waals surface area contributed by atoms with Gasteiger partial charge in [-0.05, 0) is 51.0 Å². The van der Waals surface area contributed by atoms with E-state index >= 15 is 0 Å². The number of anilines is 1. The summed E-state index contributed by atoms with van der Waals surface area (Å²) < 4.78 is 7.84. The Balaban J connectivity index is 1.37. The monoisotopic (exact) mass is 434 g/mol. The molecule has 2 aromatic heterocycles. The zero-order chi connectivity index (χ0) is 22.5. The minimum absolute atomic E-state index is 0.258. The molecule has 32 heavy (non-hydrogen) atoms. The molecule has 0 unspecified atom stereocenters. The van der Waals surface area contributed by atoms with Gasteiger partial charge in [0.25, 0.3) is 11.8 Å². The first kappa shape index (κ1) is 20.0. The number of benzene rings is 1. The highest BCUT2D eigenvalue weighted by Gasteiger charge is 2.57. The van der Waals surface area contributed by atoms with Crippen molar-refractivity contribution in [1.29, 1.82) is 0 Å². The van der Waals surface area contributed by atoms with E-state index in [1.807, 2.05) is 22.9 Å². The highest BCUT2D eigenvalue weighted by atomic mass is 16.5. The molecule has 0 atom stereocenters. The van der Waals surface area contributed by atoms with Crippen molar-refractivity contribution < 1.29 is 19.1 Å². The van der Waals surface area contributed by atoms with Crippen molar-refractivity contribution >= 4 is 34.4 Å². The number of barbiturate groups is 1. The lowest BCUT2D eigenvalue weighted by Gasteiger charge is -2.38. The molecule has 2 aliphatic rings. The van der Waals surface area contributed by atoms with E-state index in [1.54, 1.807) is 29.4 Å². The van der Waals surface area contributed by atoms with Crippen molar-refractivity contribution in [2.75, 3.05) is 11.4 Å². The number of pyridine rings is 1. The molecule has 10 heteroatoms. The van der Waals surface area contributed by atoms with Gasteiger partial charge in [0.2, 0.25) is 5.88 Å². The third-order valence-electron chi connectivity index (χ3n) is 5.90. The van der Waals surface area contributed by atoms with Crippen LogP contribution in [0.2, 0.25) is 0 Å². The molecule has 0 radical (unpaired) electrons. The van der Waals surface area contributed by atoms with Gasteiger partial charge in [-0.25, -0.2) is 9.78 Å². The summed E-state index contributed by atoms with van der Waals surface area (Å²) in [5.74, 6) is -0.216. The minimum Gasteiger partial charge on any atom is -0.439 e. The number of ether oxygens (including phenoxy) is 1. The van der Waals surface area contributed by atoms with Crippen molar-refractivity contribution in [1.82, 2.24) is 25.4 Å². The Hall–Kier alpha value is -3.95. The lowest BCUT2D eigenvalue weighted by atomic mass is 9.92. The van der Waals surface area contributed by atoms with Crippen molar-refractivity contribution in [3.63, 3.8) is 0 Å². The van der Waals surface area contributed by atoms with Gasteiger partial charge in [-0.1, -0.05) is 0 Å². The van der Waals surface area contributed by atoms with Gasteiger partial charge in [-0.15, -0.1) is 0 Å². The number of imide groups is 2. The highest BCUT2D eigenvalue weighted by Crippen LogP contribution is 2.36. The third kappa shape index (κ3) is 3.06. The zero-order valence-electron chi connectivity index (χ0n) is 17.7. The van der Waals surface area contributed by atoms with Crippen molar-refractivity contribution in [2.45, 2.75) is 38.3 Å². The molecule has 2 saturated heterocycles. The Bertz CT molecular complexity index is 1210. The van der Waals surface area contributed by atoms with Crippen LogP contribution in [0.5, 0.6) is 11.6 Å². The summed E-state index contributed by atoms with van der Waals surface area (Å²) in [6.45, 7) is 4.64. The molecule has 2 N–H and O–H groups in total. The number of aromatic nitrogens is 3. The fourth-order valence-corrected chi connectivity index (χ4v) is 4.41. The van der Waals surface area contributed by atoms with Crippen LogP contribution in [0.1, 0.15) is 32.7 Å². The second kappa shape index (κ2) is 7.33. The predicted octanol–water partition coefficient (Wildman–Crippen LogP) is 2.51. The summed E-state index contributed by atoms with van der Waals surface area (Å²) in [7, 11) is 0. The smallest absolute Gasteiger partial charge is 0.328 e. The minimum atomic E-state index is -1.44. The summed E-state index contributed by atoms with van der Waals surface area (Å²) in [4.78, 5) is 42.7. The summed E-state index contributed by atoms with van der Waals surface area (Å²) in [5, 5.41) is 9.79. The Labute approximate surface area is 183 Å². The highest BCUT2D eigenvalue weighted by molar-refractivity contribution is 6.24. The number of fused-ring (bicyclic) bond motifs is 1. The number of rotatable bonds is 4. The van der Waals surface area contributed by atoms with E-state index in [9.17, 15) is 14.4 Å². The summed E-state index contributed by atoms with van der Waals surface area (Å²) in [6, 6.07) is 8.63. The number of carbonyl (C=O) groups excluding carboxylic acids is 3. The molecule has 1 aromatic carbocycles. The molecule has 0 bridgehead atoms. The van der Waals surface area contributed by atoms with Crippen LogP contribution in [0.3, 0.4) is 0 Å². The molecule has 2 aliphatic heterocycles. The fourth-order valence-electron chi connectivity index (χ4n) is 4.41. The Morgan fingerprint density at radius 2 is 1.84 bits per heavy atom. The zero-order valence-corrected chi connectivity index (χ0v) is 17.7. The van der Waals surface area contributed by atoms with Gasteiger partial charge in [0.1, 0.15) is 5.75 Å². The molecule has 0 aliphatic carbocycles. The number of nitrogens with zero attached hydrogens (tertiary/aromatic N) is 4. The number of carbonyl (C=O) groups is 3. The van der Waals surface area contributed by atoms with E-state index in [-0.39, 0.29) is 6.04 Å². The molecule has 10 nitrogen and oxygen atoms in total. The maximum atomic E-state index is 12.6. The van der Waals surface area contributed by atoms with Crippen molar-refractivity contribution in [2.24, 2.45) is 0 Å². The first-order valence-electron chi connectivity index (χ1n) is 10.4. The molecule has 0 saturated carbocycles. The molecule has 1 spiro atoms. The summed E-state index contributed by atoms with van der Waals surface area (Å²) >= 11 is 0. The first-order valence-corrected chi connectivity index (χ1v) is 10.4. The van der Waals surface area contributed by atoms with Gasteiger partial charge < -0.3 is 9.64 Å².